The van der Waals surface area contributed by atoms with E-state index in [1.165, 1.54) is 19.1 Å². The highest BCUT2D eigenvalue weighted by molar-refractivity contribution is 6.05. The molecule has 3 rings (SSSR count). The highest BCUT2D eigenvalue weighted by Crippen LogP contribution is 2.58. The van der Waals surface area contributed by atoms with Gasteiger partial charge in [-0.3, -0.25) is 14.4 Å². The summed E-state index contributed by atoms with van der Waals surface area (Å²) in [4.78, 5) is 61.1. The van der Waals surface area contributed by atoms with Crippen molar-refractivity contribution in [2.45, 2.75) is 45.8 Å². The zero-order valence-corrected chi connectivity index (χ0v) is 22.1. The summed E-state index contributed by atoms with van der Waals surface area (Å²) in [5, 5.41) is 28.9. The van der Waals surface area contributed by atoms with Crippen LogP contribution in [0, 0.1) is 40.9 Å². The van der Waals surface area contributed by atoms with Gasteiger partial charge in [0.2, 0.25) is 5.76 Å². The molecule has 0 aliphatic heterocycles. The zero-order chi connectivity index (χ0) is 29.1. The van der Waals surface area contributed by atoms with Crippen LogP contribution in [0.25, 0.3) is 0 Å². The number of fused-ring (bicyclic) bond motifs is 3. The van der Waals surface area contributed by atoms with E-state index >= 15 is 0 Å². The smallest absolute Gasteiger partial charge is 0.371 e. The summed E-state index contributed by atoms with van der Waals surface area (Å²) in [5.41, 5.74) is -1.13. The summed E-state index contributed by atoms with van der Waals surface area (Å²) in [5.74, 6) is -8.97. The topological polar surface area (TPSA) is 164 Å². The SMILES string of the molecule is C=C(OC(=O)[C@@H]1C(=O)[C@]2(C)[C@@H](C=C[C@@H]3[C@H](O)[C@@H](C)[C@H](OC(C)=O)C[C@@H]32)C[C@H]1/C=C/C=C/C=C/C(=O)O)C(=O)O. The van der Waals surface area contributed by atoms with Gasteiger partial charge in [0.25, 0.3) is 0 Å². The molecule has 39 heavy (non-hydrogen) atoms. The third kappa shape index (κ3) is 6.11. The van der Waals surface area contributed by atoms with E-state index in [4.69, 9.17) is 19.7 Å². The van der Waals surface area contributed by atoms with Crippen LogP contribution in [-0.4, -0.2) is 57.2 Å². The number of carbonyl (C=O) groups excluding carboxylic acids is 3. The third-order valence-corrected chi connectivity index (χ3v) is 8.31. The summed E-state index contributed by atoms with van der Waals surface area (Å²) in [6.45, 7) is 8.06. The molecule has 0 saturated heterocycles. The van der Waals surface area contributed by atoms with E-state index in [2.05, 4.69) is 6.58 Å². The minimum atomic E-state index is -1.54. The minimum absolute atomic E-state index is 0.314. The molecule has 10 heteroatoms. The summed E-state index contributed by atoms with van der Waals surface area (Å²) < 4.78 is 10.5. The molecule has 3 aliphatic carbocycles. The molecule has 0 amide bonds. The van der Waals surface area contributed by atoms with Crippen molar-refractivity contribution in [2.24, 2.45) is 40.9 Å². The van der Waals surface area contributed by atoms with Crippen LogP contribution >= 0.6 is 0 Å². The lowest BCUT2D eigenvalue weighted by Crippen LogP contribution is -2.61. The van der Waals surface area contributed by atoms with Crippen LogP contribution in [0.5, 0.6) is 0 Å². The van der Waals surface area contributed by atoms with Crippen molar-refractivity contribution in [3.8, 4) is 0 Å². The summed E-state index contributed by atoms with van der Waals surface area (Å²) >= 11 is 0. The van der Waals surface area contributed by atoms with Crippen LogP contribution in [0.3, 0.4) is 0 Å². The standard InChI is InChI=1S/C29H34O10/c1-15-22(39-17(3)30)14-21-20(25(15)33)12-11-19-13-18(9-7-5-6-8-10-23(31)32)24(26(34)29(19,21)4)28(37)38-16(2)27(35)36/h5-12,15,18-22,24-25,33H,2,13-14H2,1,3-4H3,(H,31,32)(H,35,36)/b6-5+,9-7+,10-8+/t15-,18+,19-,20-,21-,22+,24-,25+,29+/m0/s1. The fourth-order valence-electron chi connectivity index (χ4n) is 6.25. The fourth-order valence-corrected chi connectivity index (χ4v) is 6.25. The van der Waals surface area contributed by atoms with Crippen molar-refractivity contribution in [1.29, 1.82) is 0 Å². The number of hydrogen-bond acceptors (Lipinski definition) is 8. The molecule has 0 aromatic carbocycles. The van der Waals surface area contributed by atoms with Crippen LogP contribution < -0.4 is 0 Å². The largest absolute Gasteiger partial charge is 0.478 e. The number of aliphatic carboxylic acids is 2. The highest BCUT2D eigenvalue weighted by Gasteiger charge is 2.62. The molecule has 0 heterocycles. The zero-order valence-electron chi connectivity index (χ0n) is 22.1. The molecule has 3 aliphatic rings. The maximum absolute atomic E-state index is 14.2. The first-order valence-electron chi connectivity index (χ1n) is 12.7. The van der Waals surface area contributed by atoms with Gasteiger partial charge in [-0.25, -0.2) is 9.59 Å². The number of aliphatic hydroxyl groups excluding tert-OH is 1. The molecular weight excluding hydrogens is 508 g/mol. The van der Waals surface area contributed by atoms with Crippen LogP contribution in [0.15, 0.2) is 60.9 Å². The summed E-state index contributed by atoms with van der Waals surface area (Å²) in [7, 11) is 0. The van der Waals surface area contributed by atoms with Gasteiger partial charge >= 0.3 is 23.9 Å². The molecule has 9 atom stereocenters. The Bertz CT molecular complexity index is 1160. The molecule has 3 N–H and O–H groups in total. The van der Waals surface area contributed by atoms with Gasteiger partial charge in [0.1, 0.15) is 12.0 Å². The molecule has 0 aromatic rings. The lowest BCUT2D eigenvalue weighted by atomic mass is 9.47. The Morgan fingerprint density at radius 3 is 2.36 bits per heavy atom. The molecular formula is C29H34O10. The summed E-state index contributed by atoms with van der Waals surface area (Å²) in [6, 6.07) is 0. The quantitative estimate of drug-likeness (QED) is 0.104. The van der Waals surface area contributed by atoms with E-state index in [0.717, 1.165) is 6.08 Å². The number of ketones is 1. The first-order chi connectivity index (χ1) is 18.3. The first kappa shape index (κ1) is 29.8. The Morgan fingerprint density at radius 2 is 1.74 bits per heavy atom. The Labute approximate surface area is 226 Å². The van der Waals surface area contributed by atoms with Crippen molar-refractivity contribution < 1.29 is 48.8 Å². The molecule has 0 radical (unpaired) electrons. The molecule has 0 aromatic heterocycles. The number of carboxylic acid groups (broad SMARTS) is 2. The Balaban J connectivity index is 1.99. The highest BCUT2D eigenvalue weighted by atomic mass is 16.6. The van der Waals surface area contributed by atoms with Crippen LogP contribution in [0.1, 0.15) is 33.6 Å². The van der Waals surface area contributed by atoms with E-state index in [1.54, 1.807) is 32.1 Å². The van der Waals surface area contributed by atoms with Crippen molar-refractivity contribution in [1.82, 2.24) is 0 Å². The van der Waals surface area contributed by atoms with Gasteiger partial charge in [-0.1, -0.05) is 56.4 Å². The van der Waals surface area contributed by atoms with Gasteiger partial charge < -0.3 is 24.8 Å². The number of allylic oxidation sites excluding steroid dienone is 6. The molecule has 210 valence electrons. The van der Waals surface area contributed by atoms with E-state index in [-0.39, 0.29) is 11.8 Å². The predicted octanol–water partition coefficient (Wildman–Crippen LogP) is 2.84. The number of hydrogen-bond donors (Lipinski definition) is 3. The normalized spacial score (nSPS) is 35.9. The number of esters is 2. The van der Waals surface area contributed by atoms with Crippen molar-refractivity contribution in [3.05, 3.63) is 60.9 Å². The molecule has 2 fully saturated rings. The maximum Gasteiger partial charge on any atom is 0.371 e. The van der Waals surface area contributed by atoms with Gasteiger partial charge in [0.05, 0.1) is 6.10 Å². The lowest BCUT2D eigenvalue weighted by Gasteiger charge is -2.56. The van der Waals surface area contributed by atoms with Gasteiger partial charge in [0, 0.05) is 30.3 Å². The number of rotatable bonds is 8. The van der Waals surface area contributed by atoms with Gasteiger partial charge in [-0.05, 0) is 37.2 Å². The van der Waals surface area contributed by atoms with Crippen molar-refractivity contribution >= 4 is 29.7 Å². The Hall–Kier alpha value is -3.79. The average molecular weight is 543 g/mol. The number of carboxylic acids is 2. The van der Waals surface area contributed by atoms with E-state index in [9.17, 15) is 29.1 Å². The molecule has 2 saturated carbocycles. The van der Waals surface area contributed by atoms with Crippen molar-refractivity contribution in [3.63, 3.8) is 0 Å². The van der Waals surface area contributed by atoms with Crippen LogP contribution in [0.4, 0.5) is 0 Å². The molecule has 0 spiro atoms. The second-order valence-corrected chi connectivity index (χ2v) is 10.5. The van der Waals surface area contributed by atoms with E-state index in [1.807, 2.05) is 12.2 Å². The van der Waals surface area contributed by atoms with E-state index in [0.29, 0.717) is 12.8 Å². The predicted molar refractivity (Wildman–Crippen MR) is 138 cm³/mol. The molecule has 0 bridgehead atoms. The fraction of sp³-hybridized carbons (Fsp3) is 0.483. The molecule has 10 nitrogen and oxygen atoms in total. The number of Topliss-reactive ketones (excluding diaryl/α,β-unsaturated/α-hetero) is 1. The van der Waals surface area contributed by atoms with Crippen LogP contribution in [-0.2, 0) is 33.4 Å². The number of carbonyl (C=O) groups is 5. The molecule has 0 unspecified atom stereocenters. The van der Waals surface area contributed by atoms with Gasteiger partial charge in [-0.2, -0.15) is 0 Å². The third-order valence-electron chi connectivity index (χ3n) is 8.31. The first-order valence-corrected chi connectivity index (χ1v) is 12.7. The number of aliphatic hydroxyl groups is 1. The second-order valence-electron chi connectivity index (χ2n) is 10.5. The minimum Gasteiger partial charge on any atom is -0.478 e. The van der Waals surface area contributed by atoms with Gasteiger partial charge in [-0.15, -0.1) is 0 Å². The Kier molecular flexibility index (Phi) is 9.11. The van der Waals surface area contributed by atoms with Gasteiger partial charge in [0.15, 0.2) is 5.78 Å². The lowest BCUT2D eigenvalue weighted by molar-refractivity contribution is -0.175. The van der Waals surface area contributed by atoms with Crippen LogP contribution in [0.2, 0.25) is 0 Å². The van der Waals surface area contributed by atoms with Crippen molar-refractivity contribution in [2.75, 3.05) is 0 Å². The average Bonchev–Trinajstić information content (AvgIpc) is 2.85. The summed E-state index contributed by atoms with van der Waals surface area (Å²) in [6.07, 6.45) is 11.5. The number of ether oxygens (including phenoxy) is 2. The second kappa shape index (κ2) is 11.9. The monoisotopic (exact) mass is 542 g/mol. The Morgan fingerprint density at radius 1 is 1.08 bits per heavy atom. The maximum atomic E-state index is 14.2. The van der Waals surface area contributed by atoms with E-state index < -0.39 is 76.7 Å².